The Kier molecular flexibility index (Phi) is 6.93. The Bertz CT molecular complexity index is 640. The zero-order valence-corrected chi connectivity index (χ0v) is 17.2. The summed E-state index contributed by atoms with van der Waals surface area (Å²) in [6, 6.07) is 8.10. The second-order valence-electron chi connectivity index (χ2n) is 8.17. The van der Waals surface area contributed by atoms with Gasteiger partial charge in [0.2, 0.25) is 5.91 Å². The maximum Gasteiger partial charge on any atom is 0.226 e. The first-order valence-electron chi connectivity index (χ1n) is 10.3. The lowest BCUT2D eigenvalue weighted by Crippen LogP contribution is -2.63. The second kappa shape index (κ2) is 9.20. The normalized spacial score (nSPS) is 22.3. The number of hydrogen-bond acceptors (Lipinski definition) is 3. The number of likely N-dealkylation sites (tertiary alicyclic amines) is 1. The summed E-state index contributed by atoms with van der Waals surface area (Å²) in [5, 5.41) is 0.697. The lowest BCUT2D eigenvalue weighted by atomic mass is 9.90. The zero-order chi connectivity index (χ0) is 19.4. The third-order valence-electron chi connectivity index (χ3n) is 6.04. The predicted octanol–water partition coefficient (Wildman–Crippen LogP) is 4.82. The van der Waals surface area contributed by atoms with Gasteiger partial charge in [0.25, 0.3) is 0 Å². The molecule has 148 valence electrons. The summed E-state index contributed by atoms with van der Waals surface area (Å²) in [7, 11) is 0. The highest BCUT2D eigenvalue weighted by Crippen LogP contribution is 2.38. The maximum atomic E-state index is 13.1. The number of carbonyl (C=O) groups excluding carboxylic acids is 2. The van der Waals surface area contributed by atoms with Crippen LogP contribution in [0.25, 0.3) is 0 Å². The number of benzene rings is 1. The van der Waals surface area contributed by atoms with E-state index in [1.165, 1.54) is 19.3 Å². The van der Waals surface area contributed by atoms with Crippen LogP contribution in [0.4, 0.5) is 0 Å². The lowest BCUT2D eigenvalue weighted by Gasteiger charge is -2.54. The number of aldehydes is 1. The monoisotopic (exact) mass is 390 g/mol. The largest absolute Gasteiger partial charge is 0.324 e. The Hall–Kier alpha value is -1.39. The van der Waals surface area contributed by atoms with E-state index < -0.39 is 0 Å². The Balaban J connectivity index is 1.84. The van der Waals surface area contributed by atoms with Crippen LogP contribution in [0.5, 0.6) is 0 Å². The number of halogens is 1. The topological polar surface area (TPSA) is 40.6 Å². The van der Waals surface area contributed by atoms with Crippen LogP contribution in [0, 0.1) is 5.92 Å². The molecule has 27 heavy (non-hydrogen) atoms. The van der Waals surface area contributed by atoms with Crippen LogP contribution >= 0.6 is 11.6 Å². The van der Waals surface area contributed by atoms with E-state index in [0.717, 1.165) is 37.7 Å². The molecule has 0 radical (unpaired) electrons. The third kappa shape index (κ3) is 4.55. The van der Waals surface area contributed by atoms with Crippen LogP contribution in [0.3, 0.4) is 0 Å². The van der Waals surface area contributed by atoms with Crippen LogP contribution < -0.4 is 0 Å². The van der Waals surface area contributed by atoms with E-state index in [1.54, 1.807) is 0 Å². The molecule has 4 nitrogen and oxygen atoms in total. The van der Waals surface area contributed by atoms with E-state index in [2.05, 4.69) is 9.80 Å². The standard InChI is InChI=1S/C22H31ClN2O2/c1-16(2)22(27)25(19-6-4-3-5-7-19)21-12-14-24(21)20(13-15-26)17-8-10-18(23)11-9-17/h8-11,15-16,19-21H,3-7,12-14H2,1-2H3/t20-,21?/m0/s1. The zero-order valence-electron chi connectivity index (χ0n) is 16.4. The van der Waals surface area contributed by atoms with Crippen molar-refractivity contribution in [3.8, 4) is 0 Å². The first-order valence-corrected chi connectivity index (χ1v) is 10.7. The van der Waals surface area contributed by atoms with E-state index in [9.17, 15) is 9.59 Å². The van der Waals surface area contributed by atoms with Gasteiger partial charge in [0.1, 0.15) is 6.29 Å². The van der Waals surface area contributed by atoms with Crippen molar-refractivity contribution in [2.24, 2.45) is 5.92 Å². The molecule has 2 fully saturated rings. The summed E-state index contributed by atoms with van der Waals surface area (Å²) in [6.07, 6.45) is 8.39. The minimum absolute atomic E-state index is 0.00423. The Morgan fingerprint density at radius 2 is 1.85 bits per heavy atom. The molecule has 0 N–H and O–H groups in total. The third-order valence-corrected chi connectivity index (χ3v) is 6.29. The van der Waals surface area contributed by atoms with Crippen LogP contribution in [-0.2, 0) is 9.59 Å². The van der Waals surface area contributed by atoms with Crippen LogP contribution in [0.2, 0.25) is 5.02 Å². The van der Waals surface area contributed by atoms with Gasteiger partial charge >= 0.3 is 0 Å². The molecule has 1 unspecified atom stereocenters. The number of carbonyl (C=O) groups is 2. The van der Waals surface area contributed by atoms with E-state index in [-0.39, 0.29) is 24.0 Å². The Morgan fingerprint density at radius 3 is 2.37 bits per heavy atom. The molecule has 0 spiro atoms. The molecule has 0 aromatic heterocycles. The summed E-state index contributed by atoms with van der Waals surface area (Å²) in [4.78, 5) is 29.0. The van der Waals surface area contributed by atoms with Gasteiger partial charge in [-0.15, -0.1) is 0 Å². The highest BCUT2D eigenvalue weighted by molar-refractivity contribution is 6.30. The first-order chi connectivity index (χ1) is 13.0. The molecule has 3 rings (SSSR count). The molecule has 1 aliphatic carbocycles. The van der Waals surface area contributed by atoms with Crippen molar-refractivity contribution in [3.63, 3.8) is 0 Å². The Morgan fingerprint density at radius 1 is 1.19 bits per heavy atom. The van der Waals surface area contributed by atoms with Gasteiger partial charge < -0.3 is 9.69 Å². The van der Waals surface area contributed by atoms with Gasteiger partial charge in [0, 0.05) is 36.0 Å². The van der Waals surface area contributed by atoms with Gasteiger partial charge in [-0.2, -0.15) is 0 Å². The summed E-state index contributed by atoms with van der Waals surface area (Å²) >= 11 is 6.04. The molecule has 1 aromatic carbocycles. The summed E-state index contributed by atoms with van der Waals surface area (Å²) in [5.41, 5.74) is 1.09. The Labute approximate surface area is 167 Å². The smallest absolute Gasteiger partial charge is 0.226 e. The minimum Gasteiger partial charge on any atom is -0.324 e. The van der Waals surface area contributed by atoms with Gasteiger partial charge in [-0.3, -0.25) is 9.69 Å². The van der Waals surface area contributed by atoms with Crippen molar-refractivity contribution < 1.29 is 9.59 Å². The van der Waals surface area contributed by atoms with Gasteiger partial charge in [0.15, 0.2) is 0 Å². The van der Waals surface area contributed by atoms with Crippen LogP contribution in [0.1, 0.15) is 70.4 Å². The molecular weight excluding hydrogens is 360 g/mol. The van der Waals surface area contributed by atoms with E-state index in [0.29, 0.717) is 17.5 Å². The molecule has 1 saturated carbocycles. The number of nitrogens with zero attached hydrogens (tertiary/aromatic N) is 2. The molecule has 5 heteroatoms. The quantitative estimate of drug-likeness (QED) is 0.626. The maximum absolute atomic E-state index is 13.1. The van der Waals surface area contributed by atoms with Crippen molar-refractivity contribution in [1.82, 2.24) is 9.80 Å². The van der Waals surface area contributed by atoms with E-state index in [1.807, 2.05) is 38.1 Å². The molecular formula is C22H31ClN2O2. The highest BCUT2D eigenvalue weighted by atomic mass is 35.5. The fourth-order valence-electron chi connectivity index (χ4n) is 4.52. The molecule has 1 aromatic rings. The molecule has 2 aliphatic rings. The van der Waals surface area contributed by atoms with Crippen molar-refractivity contribution >= 4 is 23.8 Å². The van der Waals surface area contributed by atoms with Gasteiger partial charge in [0.05, 0.1) is 6.17 Å². The molecule has 1 amide bonds. The number of hydrogen-bond donors (Lipinski definition) is 0. The number of amides is 1. The van der Waals surface area contributed by atoms with Gasteiger partial charge in [-0.25, -0.2) is 0 Å². The van der Waals surface area contributed by atoms with Crippen molar-refractivity contribution in [1.29, 1.82) is 0 Å². The second-order valence-corrected chi connectivity index (χ2v) is 8.61. The summed E-state index contributed by atoms with van der Waals surface area (Å²) in [6.45, 7) is 4.90. The van der Waals surface area contributed by atoms with Crippen molar-refractivity contribution in [2.45, 2.75) is 77.0 Å². The van der Waals surface area contributed by atoms with Crippen LogP contribution in [0.15, 0.2) is 24.3 Å². The average Bonchev–Trinajstić information content (AvgIpc) is 2.65. The van der Waals surface area contributed by atoms with E-state index in [4.69, 9.17) is 11.6 Å². The summed E-state index contributed by atoms with van der Waals surface area (Å²) < 4.78 is 0. The minimum atomic E-state index is -0.00516. The van der Waals surface area contributed by atoms with E-state index >= 15 is 0 Å². The molecule has 1 heterocycles. The SMILES string of the molecule is CC(C)C(=O)N(C1CCCCC1)C1CCN1[C@@H](CC=O)c1ccc(Cl)cc1. The first kappa shape index (κ1) is 20.3. The van der Waals surface area contributed by atoms with Gasteiger partial charge in [-0.05, 0) is 37.0 Å². The van der Waals surface area contributed by atoms with Crippen molar-refractivity contribution in [3.05, 3.63) is 34.9 Å². The highest BCUT2D eigenvalue weighted by Gasteiger charge is 2.43. The lowest BCUT2D eigenvalue weighted by molar-refractivity contribution is -0.157. The average molecular weight is 391 g/mol. The number of rotatable bonds is 7. The van der Waals surface area contributed by atoms with Gasteiger partial charge in [-0.1, -0.05) is 56.8 Å². The fraction of sp³-hybridized carbons (Fsp3) is 0.636. The molecule has 1 aliphatic heterocycles. The molecule has 1 saturated heterocycles. The predicted molar refractivity (Wildman–Crippen MR) is 109 cm³/mol. The molecule has 2 atom stereocenters. The van der Waals surface area contributed by atoms with Crippen molar-refractivity contribution in [2.75, 3.05) is 6.54 Å². The molecule has 0 bridgehead atoms. The summed E-state index contributed by atoms with van der Waals surface area (Å²) in [5.74, 6) is 0.243. The van der Waals surface area contributed by atoms with Crippen LogP contribution in [-0.4, -0.2) is 40.7 Å². The fourth-order valence-corrected chi connectivity index (χ4v) is 4.65.